The van der Waals surface area contributed by atoms with Crippen LogP contribution in [0.15, 0.2) is 0 Å². The standard InChI is InChI=1S/C10H20O4/c1-7(6-9(12)13)4-5-8(11)10(2,3)14/h7-8,11,14H,4-6H2,1-3H3,(H,12,13). The Kier molecular flexibility index (Phi) is 5.08. The van der Waals surface area contributed by atoms with Gasteiger partial charge in [-0.15, -0.1) is 0 Å². The molecular formula is C10H20O4. The highest BCUT2D eigenvalue weighted by atomic mass is 16.4. The number of aliphatic hydroxyl groups is 2. The molecule has 14 heavy (non-hydrogen) atoms. The second-order valence-electron chi connectivity index (χ2n) is 4.45. The van der Waals surface area contributed by atoms with Gasteiger partial charge in [-0.25, -0.2) is 0 Å². The largest absolute Gasteiger partial charge is 0.481 e. The third-order valence-electron chi connectivity index (χ3n) is 2.27. The van der Waals surface area contributed by atoms with Crippen molar-refractivity contribution in [2.75, 3.05) is 0 Å². The first-order valence-electron chi connectivity index (χ1n) is 4.85. The highest BCUT2D eigenvalue weighted by Gasteiger charge is 2.24. The first-order chi connectivity index (χ1) is 6.23. The van der Waals surface area contributed by atoms with Gasteiger partial charge >= 0.3 is 5.97 Å². The summed E-state index contributed by atoms with van der Waals surface area (Å²) < 4.78 is 0. The molecule has 0 aliphatic rings. The van der Waals surface area contributed by atoms with Gasteiger partial charge in [-0.3, -0.25) is 4.79 Å². The number of carbonyl (C=O) groups is 1. The molecule has 0 spiro atoms. The van der Waals surface area contributed by atoms with E-state index in [1.54, 1.807) is 13.8 Å². The van der Waals surface area contributed by atoms with Gasteiger partial charge in [0, 0.05) is 6.42 Å². The van der Waals surface area contributed by atoms with Crippen LogP contribution in [0.1, 0.15) is 40.0 Å². The summed E-state index contributed by atoms with van der Waals surface area (Å²) in [6, 6.07) is 0. The van der Waals surface area contributed by atoms with Crippen molar-refractivity contribution in [2.24, 2.45) is 5.92 Å². The van der Waals surface area contributed by atoms with E-state index in [4.69, 9.17) is 5.11 Å². The Morgan fingerprint density at radius 1 is 1.36 bits per heavy atom. The van der Waals surface area contributed by atoms with Crippen LogP contribution in [0.2, 0.25) is 0 Å². The van der Waals surface area contributed by atoms with Crippen molar-refractivity contribution in [3.05, 3.63) is 0 Å². The minimum Gasteiger partial charge on any atom is -0.481 e. The van der Waals surface area contributed by atoms with E-state index < -0.39 is 17.7 Å². The van der Waals surface area contributed by atoms with Gasteiger partial charge in [0.1, 0.15) is 0 Å². The van der Waals surface area contributed by atoms with Crippen LogP contribution in [-0.4, -0.2) is 33.0 Å². The average Bonchev–Trinajstić information content (AvgIpc) is 1.96. The quantitative estimate of drug-likeness (QED) is 0.603. The second kappa shape index (κ2) is 5.32. The molecule has 0 heterocycles. The average molecular weight is 204 g/mol. The van der Waals surface area contributed by atoms with Crippen molar-refractivity contribution in [1.29, 1.82) is 0 Å². The van der Waals surface area contributed by atoms with E-state index in [1.165, 1.54) is 0 Å². The minimum atomic E-state index is -1.11. The van der Waals surface area contributed by atoms with Crippen molar-refractivity contribution in [3.63, 3.8) is 0 Å². The predicted octanol–water partition coefficient (Wildman–Crippen LogP) is 1.01. The molecule has 0 amide bonds. The fourth-order valence-corrected chi connectivity index (χ4v) is 1.20. The third kappa shape index (κ3) is 5.94. The van der Waals surface area contributed by atoms with Gasteiger partial charge in [-0.1, -0.05) is 6.92 Å². The van der Waals surface area contributed by atoms with E-state index >= 15 is 0 Å². The number of aliphatic carboxylic acids is 1. The first-order valence-corrected chi connectivity index (χ1v) is 4.85. The summed E-state index contributed by atoms with van der Waals surface area (Å²) in [7, 11) is 0. The topological polar surface area (TPSA) is 77.8 Å². The van der Waals surface area contributed by atoms with E-state index in [1.807, 2.05) is 6.92 Å². The molecular weight excluding hydrogens is 184 g/mol. The number of rotatable bonds is 6. The Morgan fingerprint density at radius 2 is 1.86 bits per heavy atom. The lowest BCUT2D eigenvalue weighted by Gasteiger charge is -2.25. The molecule has 0 bridgehead atoms. The molecule has 2 atom stereocenters. The van der Waals surface area contributed by atoms with E-state index in [0.717, 1.165) is 0 Å². The van der Waals surface area contributed by atoms with E-state index in [0.29, 0.717) is 12.8 Å². The fourth-order valence-electron chi connectivity index (χ4n) is 1.20. The summed E-state index contributed by atoms with van der Waals surface area (Å²) >= 11 is 0. The molecule has 0 aromatic rings. The normalized spacial score (nSPS) is 16.4. The van der Waals surface area contributed by atoms with Gasteiger partial charge in [-0.05, 0) is 32.6 Å². The Balaban J connectivity index is 3.77. The van der Waals surface area contributed by atoms with Gasteiger partial charge in [0.25, 0.3) is 0 Å². The van der Waals surface area contributed by atoms with E-state index in [-0.39, 0.29) is 12.3 Å². The molecule has 0 rings (SSSR count). The summed E-state index contributed by atoms with van der Waals surface area (Å²) in [5.41, 5.74) is -1.11. The number of carboxylic acids is 1. The van der Waals surface area contributed by atoms with Crippen molar-refractivity contribution in [3.8, 4) is 0 Å². The lowest BCUT2D eigenvalue weighted by molar-refractivity contribution is -0.138. The molecule has 0 saturated heterocycles. The van der Waals surface area contributed by atoms with Crippen LogP contribution >= 0.6 is 0 Å². The number of hydrogen-bond acceptors (Lipinski definition) is 3. The maximum Gasteiger partial charge on any atom is 0.303 e. The molecule has 0 aromatic heterocycles. The number of hydrogen-bond donors (Lipinski definition) is 3. The zero-order chi connectivity index (χ0) is 11.4. The molecule has 3 N–H and O–H groups in total. The summed E-state index contributed by atoms with van der Waals surface area (Å²) in [5.74, 6) is -0.792. The Morgan fingerprint density at radius 3 is 2.21 bits per heavy atom. The van der Waals surface area contributed by atoms with E-state index in [2.05, 4.69) is 0 Å². The van der Waals surface area contributed by atoms with Crippen LogP contribution in [-0.2, 0) is 4.79 Å². The van der Waals surface area contributed by atoms with Gasteiger partial charge in [0.05, 0.1) is 11.7 Å². The summed E-state index contributed by atoms with van der Waals surface area (Å²) in [6.45, 7) is 4.91. The van der Waals surface area contributed by atoms with Crippen molar-refractivity contribution in [2.45, 2.75) is 51.7 Å². The van der Waals surface area contributed by atoms with Gasteiger partial charge < -0.3 is 15.3 Å². The van der Waals surface area contributed by atoms with Crippen molar-refractivity contribution in [1.82, 2.24) is 0 Å². The van der Waals surface area contributed by atoms with Gasteiger partial charge in [0.2, 0.25) is 0 Å². The molecule has 0 aliphatic carbocycles. The van der Waals surface area contributed by atoms with Crippen LogP contribution in [0, 0.1) is 5.92 Å². The summed E-state index contributed by atoms with van der Waals surface area (Å²) in [6.07, 6.45) is 0.354. The Bertz CT molecular complexity index is 183. The second-order valence-corrected chi connectivity index (χ2v) is 4.45. The van der Waals surface area contributed by atoms with Gasteiger partial charge in [0.15, 0.2) is 0 Å². The molecule has 0 radical (unpaired) electrons. The lowest BCUT2D eigenvalue weighted by Crippen LogP contribution is -2.36. The fraction of sp³-hybridized carbons (Fsp3) is 0.900. The Labute approximate surface area is 84.6 Å². The Hall–Kier alpha value is -0.610. The highest BCUT2D eigenvalue weighted by Crippen LogP contribution is 2.18. The van der Waals surface area contributed by atoms with Crippen molar-refractivity contribution < 1.29 is 20.1 Å². The van der Waals surface area contributed by atoms with Gasteiger partial charge in [-0.2, -0.15) is 0 Å². The van der Waals surface area contributed by atoms with Crippen LogP contribution in [0.4, 0.5) is 0 Å². The van der Waals surface area contributed by atoms with Crippen LogP contribution in [0.5, 0.6) is 0 Å². The van der Waals surface area contributed by atoms with Crippen LogP contribution in [0.3, 0.4) is 0 Å². The molecule has 0 saturated carbocycles. The molecule has 2 unspecified atom stereocenters. The molecule has 4 heteroatoms. The number of aliphatic hydroxyl groups excluding tert-OH is 1. The lowest BCUT2D eigenvalue weighted by atomic mass is 9.93. The zero-order valence-corrected chi connectivity index (χ0v) is 9.03. The van der Waals surface area contributed by atoms with Crippen LogP contribution in [0.25, 0.3) is 0 Å². The SMILES string of the molecule is CC(CCC(O)C(C)(C)O)CC(=O)O. The van der Waals surface area contributed by atoms with E-state index in [9.17, 15) is 15.0 Å². The third-order valence-corrected chi connectivity index (χ3v) is 2.27. The molecule has 0 aromatic carbocycles. The van der Waals surface area contributed by atoms with Crippen LogP contribution < -0.4 is 0 Å². The maximum absolute atomic E-state index is 10.3. The predicted molar refractivity (Wildman–Crippen MR) is 53.0 cm³/mol. The number of carboxylic acid groups (broad SMARTS) is 1. The minimum absolute atomic E-state index is 0.0319. The highest BCUT2D eigenvalue weighted by molar-refractivity contribution is 5.66. The molecule has 0 fully saturated rings. The zero-order valence-electron chi connectivity index (χ0n) is 9.03. The molecule has 84 valence electrons. The molecule has 0 aliphatic heterocycles. The monoisotopic (exact) mass is 204 g/mol. The van der Waals surface area contributed by atoms with Crippen molar-refractivity contribution >= 4 is 5.97 Å². The molecule has 4 nitrogen and oxygen atoms in total. The maximum atomic E-state index is 10.3. The summed E-state index contributed by atoms with van der Waals surface area (Å²) in [4.78, 5) is 10.3. The smallest absolute Gasteiger partial charge is 0.303 e. The first kappa shape index (κ1) is 13.4. The summed E-state index contributed by atoms with van der Waals surface area (Å²) in [5, 5.41) is 27.4.